The van der Waals surface area contributed by atoms with E-state index >= 15 is 0 Å². The average molecular weight is 448 g/mol. The van der Waals surface area contributed by atoms with Gasteiger partial charge in [0.25, 0.3) is 0 Å². The number of hydrogen-bond acceptors (Lipinski definition) is 5. The highest BCUT2D eigenvalue weighted by atomic mass is 19.1. The third kappa shape index (κ3) is 5.64. The molecule has 0 bridgehead atoms. The molecule has 0 aliphatic carbocycles. The van der Waals surface area contributed by atoms with Crippen molar-refractivity contribution in [2.45, 2.75) is 13.0 Å². The van der Waals surface area contributed by atoms with Crippen LogP contribution >= 0.6 is 0 Å². The summed E-state index contributed by atoms with van der Waals surface area (Å²) in [4.78, 5) is 29.5. The lowest BCUT2D eigenvalue weighted by atomic mass is 10.1. The van der Waals surface area contributed by atoms with Gasteiger partial charge in [-0.3, -0.25) is 19.4 Å². The predicted octanol–water partition coefficient (Wildman–Crippen LogP) is 3.13. The number of fused-ring (bicyclic) bond motifs is 1. The quantitative estimate of drug-likeness (QED) is 0.537. The maximum atomic E-state index is 13.1. The first kappa shape index (κ1) is 22.6. The fourth-order valence-corrected chi connectivity index (χ4v) is 4.16. The van der Waals surface area contributed by atoms with Crippen molar-refractivity contribution in [2.24, 2.45) is 0 Å². The van der Waals surface area contributed by atoms with Crippen LogP contribution in [0.3, 0.4) is 0 Å². The van der Waals surface area contributed by atoms with Crippen LogP contribution in [0.1, 0.15) is 16.8 Å². The average Bonchev–Trinajstić information content (AvgIpc) is 3.19. The molecule has 1 aromatic heterocycles. The number of aromatic nitrogens is 1. The largest absolute Gasteiger partial charge is 0.346 e. The van der Waals surface area contributed by atoms with Crippen LogP contribution in [0.15, 0.2) is 54.7 Å². The minimum atomic E-state index is -0.342. The van der Waals surface area contributed by atoms with Crippen molar-refractivity contribution in [3.05, 3.63) is 66.1 Å². The summed E-state index contributed by atoms with van der Waals surface area (Å²) in [5.74, 6) is -0.425. The molecule has 1 aliphatic rings. The molecule has 2 heterocycles. The van der Waals surface area contributed by atoms with E-state index in [2.05, 4.69) is 16.3 Å². The number of ketones is 1. The summed E-state index contributed by atoms with van der Waals surface area (Å²) in [6.07, 6.45) is 2.25. The molecule has 0 unspecified atom stereocenters. The molecule has 0 saturated carbocycles. The van der Waals surface area contributed by atoms with Gasteiger partial charge in [0, 0.05) is 61.1 Å². The Morgan fingerprint density at radius 3 is 2.33 bits per heavy atom. The number of piperazine rings is 1. The van der Waals surface area contributed by atoms with Gasteiger partial charge < -0.3 is 9.88 Å². The van der Waals surface area contributed by atoms with E-state index in [1.54, 1.807) is 0 Å². The zero-order valence-electron chi connectivity index (χ0n) is 18.3. The van der Waals surface area contributed by atoms with E-state index in [1.807, 2.05) is 39.9 Å². The van der Waals surface area contributed by atoms with Crippen LogP contribution in [0.5, 0.6) is 0 Å². The van der Waals surface area contributed by atoms with Crippen LogP contribution in [-0.4, -0.2) is 65.3 Å². The summed E-state index contributed by atoms with van der Waals surface area (Å²) >= 11 is 0. The van der Waals surface area contributed by atoms with Gasteiger partial charge in [-0.25, -0.2) is 4.39 Å². The molecule has 8 heteroatoms. The molecule has 0 radical (unpaired) electrons. The predicted molar refractivity (Wildman–Crippen MR) is 124 cm³/mol. The Morgan fingerprint density at radius 1 is 0.970 bits per heavy atom. The molecular formula is C25H26FN5O2. The maximum Gasteiger partial charge on any atom is 0.238 e. The second-order valence-electron chi connectivity index (χ2n) is 8.19. The Kier molecular flexibility index (Phi) is 7.13. The molecule has 0 atom stereocenters. The number of anilines is 1. The number of benzene rings is 2. The van der Waals surface area contributed by atoms with E-state index < -0.39 is 0 Å². The number of carbonyl (C=O) groups excluding carboxylic acids is 2. The Balaban J connectivity index is 1.30. The molecule has 4 rings (SSSR count). The number of hydrogen-bond donors (Lipinski definition) is 1. The van der Waals surface area contributed by atoms with Gasteiger partial charge in [0.2, 0.25) is 5.91 Å². The number of aryl methyl sites for hydroxylation is 1. The number of para-hydroxylation sites is 1. The van der Waals surface area contributed by atoms with Crippen LogP contribution in [0.2, 0.25) is 0 Å². The Hall–Kier alpha value is -3.54. The summed E-state index contributed by atoms with van der Waals surface area (Å²) in [7, 11) is 0. The standard InChI is InChI=1S/C25H26FN5O2/c26-19-6-8-20(9-7-19)28-25(33)18-30-14-12-29(13-15-30)17-24(32)22-16-31(11-3-10-27)23-5-2-1-4-21(22)23/h1-2,4-9,16H,3,11-15,17-18H2,(H,28,33). The summed E-state index contributed by atoms with van der Waals surface area (Å²) in [5, 5.41) is 12.6. The first-order valence-electron chi connectivity index (χ1n) is 11.0. The molecule has 1 aliphatic heterocycles. The first-order chi connectivity index (χ1) is 16.0. The Labute approximate surface area is 192 Å². The number of nitrogens with zero attached hydrogens (tertiary/aromatic N) is 4. The third-order valence-electron chi connectivity index (χ3n) is 5.88. The van der Waals surface area contributed by atoms with Gasteiger partial charge >= 0.3 is 0 Å². The van der Waals surface area contributed by atoms with Gasteiger partial charge in [0.05, 0.1) is 25.6 Å². The van der Waals surface area contributed by atoms with E-state index in [1.165, 1.54) is 24.3 Å². The van der Waals surface area contributed by atoms with Crippen LogP contribution in [0.4, 0.5) is 10.1 Å². The zero-order valence-corrected chi connectivity index (χ0v) is 18.3. The van der Waals surface area contributed by atoms with Crippen LogP contribution in [-0.2, 0) is 11.3 Å². The topological polar surface area (TPSA) is 81.4 Å². The monoisotopic (exact) mass is 447 g/mol. The molecule has 2 aromatic carbocycles. The van der Waals surface area contributed by atoms with Crippen molar-refractivity contribution < 1.29 is 14.0 Å². The number of halogens is 1. The molecule has 1 saturated heterocycles. The lowest BCUT2D eigenvalue weighted by molar-refractivity contribution is -0.117. The molecule has 3 aromatic rings. The first-order valence-corrected chi connectivity index (χ1v) is 11.0. The molecule has 33 heavy (non-hydrogen) atoms. The molecular weight excluding hydrogens is 421 g/mol. The van der Waals surface area contributed by atoms with Crippen LogP contribution in [0.25, 0.3) is 10.9 Å². The summed E-state index contributed by atoms with van der Waals surface area (Å²) in [6, 6.07) is 15.6. The lowest BCUT2D eigenvalue weighted by Gasteiger charge is -2.33. The highest BCUT2D eigenvalue weighted by Crippen LogP contribution is 2.22. The summed E-state index contributed by atoms with van der Waals surface area (Å²) in [5.41, 5.74) is 2.22. The van der Waals surface area contributed by atoms with Gasteiger partial charge in [-0.05, 0) is 30.3 Å². The van der Waals surface area contributed by atoms with Crippen molar-refractivity contribution in [1.29, 1.82) is 5.26 Å². The minimum Gasteiger partial charge on any atom is -0.346 e. The number of rotatable bonds is 8. The number of nitrogens with one attached hydrogen (secondary N) is 1. The smallest absolute Gasteiger partial charge is 0.238 e. The van der Waals surface area contributed by atoms with Gasteiger partial charge in [-0.15, -0.1) is 0 Å². The van der Waals surface area contributed by atoms with E-state index in [9.17, 15) is 14.0 Å². The second-order valence-corrected chi connectivity index (χ2v) is 8.19. The van der Waals surface area contributed by atoms with E-state index in [-0.39, 0.29) is 24.1 Å². The summed E-state index contributed by atoms with van der Waals surface area (Å²) < 4.78 is 15.0. The highest BCUT2D eigenvalue weighted by molar-refractivity contribution is 6.09. The lowest BCUT2D eigenvalue weighted by Crippen LogP contribution is -2.49. The number of Topliss-reactive ketones (excluding diaryl/α,β-unsaturated/α-hetero) is 1. The van der Waals surface area contributed by atoms with Crippen LogP contribution < -0.4 is 5.32 Å². The zero-order chi connectivity index (χ0) is 23.2. The number of carbonyl (C=O) groups is 2. The minimum absolute atomic E-state index is 0.0596. The Morgan fingerprint density at radius 2 is 1.64 bits per heavy atom. The SMILES string of the molecule is N#CCCn1cc(C(=O)CN2CCN(CC(=O)Nc3ccc(F)cc3)CC2)c2ccccc21. The van der Waals surface area contributed by atoms with Gasteiger partial charge in [-0.1, -0.05) is 18.2 Å². The van der Waals surface area contributed by atoms with Crippen molar-refractivity contribution >= 4 is 28.3 Å². The number of nitriles is 1. The molecule has 0 spiro atoms. The molecule has 1 N–H and O–H groups in total. The molecule has 1 fully saturated rings. The van der Waals surface area contributed by atoms with Crippen LogP contribution in [0, 0.1) is 17.1 Å². The van der Waals surface area contributed by atoms with Gasteiger partial charge in [-0.2, -0.15) is 5.26 Å². The molecule has 170 valence electrons. The van der Waals surface area contributed by atoms with Crippen molar-refractivity contribution in [1.82, 2.24) is 14.4 Å². The fourth-order valence-electron chi connectivity index (χ4n) is 4.16. The molecule has 1 amide bonds. The summed E-state index contributed by atoms with van der Waals surface area (Å²) in [6.45, 7) is 3.91. The number of amides is 1. The van der Waals surface area contributed by atoms with Gasteiger partial charge in [0.1, 0.15) is 5.82 Å². The van der Waals surface area contributed by atoms with E-state index in [4.69, 9.17) is 5.26 Å². The Bertz CT molecular complexity index is 1170. The fraction of sp³-hybridized carbons (Fsp3) is 0.320. The highest BCUT2D eigenvalue weighted by Gasteiger charge is 2.23. The third-order valence-corrected chi connectivity index (χ3v) is 5.88. The van der Waals surface area contributed by atoms with Crippen molar-refractivity contribution in [3.8, 4) is 6.07 Å². The molecule has 7 nitrogen and oxygen atoms in total. The van der Waals surface area contributed by atoms with E-state index in [0.29, 0.717) is 56.9 Å². The van der Waals surface area contributed by atoms with Crippen molar-refractivity contribution in [2.75, 3.05) is 44.6 Å². The van der Waals surface area contributed by atoms with E-state index in [0.717, 1.165) is 10.9 Å². The van der Waals surface area contributed by atoms with Gasteiger partial charge in [0.15, 0.2) is 5.78 Å². The maximum absolute atomic E-state index is 13.1. The van der Waals surface area contributed by atoms with Crippen molar-refractivity contribution in [3.63, 3.8) is 0 Å². The normalized spacial score (nSPS) is 14.8. The second kappa shape index (κ2) is 10.4.